The molecule has 0 aromatic carbocycles. The molecular weight excluding hydrogens is 158 g/mol. The lowest BCUT2D eigenvalue weighted by Crippen LogP contribution is -2.15. The molecule has 1 rings (SSSR count). The van der Waals surface area contributed by atoms with Crippen molar-refractivity contribution in [3.8, 4) is 0 Å². The molecule has 2 N–H and O–H groups in total. The van der Waals surface area contributed by atoms with Gasteiger partial charge in [0, 0.05) is 6.54 Å². The summed E-state index contributed by atoms with van der Waals surface area (Å²) in [6, 6.07) is 0. The third-order valence-corrected chi connectivity index (χ3v) is 1.64. The Hall–Kier alpha value is -0.900. The predicted octanol–water partition coefficient (Wildman–Crippen LogP) is 0.927. The molecule has 0 aliphatic rings. The van der Waals surface area contributed by atoms with Gasteiger partial charge in [0.25, 0.3) is 0 Å². The summed E-state index contributed by atoms with van der Waals surface area (Å²) >= 11 is 4.83. The minimum absolute atomic E-state index is 0.413. The van der Waals surface area contributed by atoms with E-state index in [1.165, 1.54) is 0 Å². The quantitative estimate of drug-likeness (QED) is 0.684. The van der Waals surface area contributed by atoms with Crippen molar-refractivity contribution in [2.75, 3.05) is 0 Å². The number of imidazole rings is 1. The van der Waals surface area contributed by atoms with Gasteiger partial charge >= 0.3 is 0 Å². The van der Waals surface area contributed by atoms with E-state index < -0.39 is 0 Å². The summed E-state index contributed by atoms with van der Waals surface area (Å²) in [6.07, 6.45) is 4.50. The van der Waals surface area contributed by atoms with Gasteiger partial charge in [-0.1, -0.05) is 19.1 Å². The molecule has 0 amide bonds. The molecule has 4 heteroatoms. The molecule has 1 aromatic rings. The van der Waals surface area contributed by atoms with Crippen molar-refractivity contribution in [3.63, 3.8) is 0 Å². The maximum absolute atomic E-state index is 5.46. The van der Waals surface area contributed by atoms with E-state index in [0.717, 1.165) is 18.7 Å². The molecule has 0 radical (unpaired) electrons. The monoisotopic (exact) mass is 169 g/mol. The highest BCUT2D eigenvalue weighted by Crippen LogP contribution is 1.99. The van der Waals surface area contributed by atoms with Crippen LogP contribution in [0.3, 0.4) is 0 Å². The number of hydrogen-bond acceptors (Lipinski definition) is 2. The molecule has 1 heterocycles. The summed E-state index contributed by atoms with van der Waals surface area (Å²) in [6.45, 7) is 3.02. The highest BCUT2D eigenvalue weighted by Gasteiger charge is 2.01. The molecule has 0 saturated heterocycles. The first-order chi connectivity index (χ1) is 5.25. The van der Waals surface area contributed by atoms with Crippen LogP contribution in [0.15, 0.2) is 12.5 Å². The van der Waals surface area contributed by atoms with E-state index in [9.17, 15) is 0 Å². The van der Waals surface area contributed by atoms with Crippen molar-refractivity contribution in [2.45, 2.75) is 19.9 Å². The smallest absolute Gasteiger partial charge is 0.122 e. The zero-order chi connectivity index (χ0) is 8.27. The van der Waals surface area contributed by atoms with E-state index in [0.29, 0.717) is 4.99 Å². The van der Waals surface area contributed by atoms with Gasteiger partial charge in [-0.15, -0.1) is 0 Å². The number of aryl methyl sites for hydroxylation is 1. The topological polar surface area (TPSA) is 43.8 Å². The number of nitrogens with two attached hydrogens (primary N) is 1. The molecule has 0 saturated carbocycles. The summed E-state index contributed by atoms with van der Waals surface area (Å²) in [5.41, 5.74) is 6.31. The summed E-state index contributed by atoms with van der Waals surface area (Å²) in [5, 5.41) is 0. The Morgan fingerprint density at radius 3 is 3.09 bits per heavy atom. The second-order valence-electron chi connectivity index (χ2n) is 2.34. The van der Waals surface area contributed by atoms with Crippen LogP contribution in [0.5, 0.6) is 0 Å². The molecule has 11 heavy (non-hydrogen) atoms. The Balaban J connectivity index is 2.87. The van der Waals surface area contributed by atoms with E-state index in [1.807, 2.05) is 4.57 Å². The van der Waals surface area contributed by atoms with Gasteiger partial charge in [-0.3, -0.25) is 0 Å². The van der Waals surface area contributed by atoms with E-state index in [4.69, 9.17) is 18.0 Å². The fraction of sp³-hybridized carbons (Fsp3) is 0.429. The van der Waals surface area contributed by atoms with Gasteiger partial charge in [-0.2, -0.15) is 0 Å². The molecule has 0 unspecified atom stereocenters. The molecule has 1 aromatic heterocycles. The van der Waals surface area contributed by atoms with Crippen molar-refractivity contribution in [3.05, 3.63) is 18.2 Å². The fourth-order valence-electron chi connectivity index (χ4n) is 0.945. The highest BCUT2D eigenvalue weighted by atomic mass is 32.1. The summed E-state index contributed by atoms with van der Waals surface area (Å²) in [5.74, 6) is 0. The average Bonchev–Trinajstić information content (AvgIpc) is 2.36. The standard InChI is InChI=1S/C7H11N3S/c1-2-3-10-5-9-4-6(10)7(8)11/h4-5H,2-3H2,1H3,(H2,8,11). The minimum atomic E-state index is 0.413. The second kappa shape index (κ2) is 3.48. The SMILES string of the molecule is CCCn1cncc1C(N)=S. The molecular formula is C7H11N3S. The van der Waals surface area contributed by atoms with Crippen LogP contribution in [0.4, 0.5) is 0 Å². The third kappa shape index (κ3) is 1.77. The van der Waals surface area contributed by atoms with E-state index >= 15 is 0 Å². The molecule has 0 atom stereocenters. The first kappa shape index (κ1) is 8.20. The summed E-state index contributed by atoms with van der Waals surface area (Å²) in [7, 11) is 0. The molecule has 3 nitrogen and oxygen atoms in total. The van der Waals surface area contributed by atoms with Crippen LogP contribution >= 0.6 is 12.2 Å². The molecule has 0 aliphatic heterocycles. The van der Waals surface area contributed by atoms with Gasteiger partial charge in [-0.05, 0) is 6.42 Å². The van der Waals surface area contributed by atoms with Crippen LogP contribution in [0, 0.1) is 0 Å². The Morgan fingerprint density at radius 2 is 2.55 bits per heavy atom. The van der Waals surface area contributed by atoms with Crippen LogP contribution in [0.25, 0.3) is 0 Å². The maximum Gasteiger partial charge on any atom is 0.122 e. The fourth-order valence-corrected chi connectivity index (χ4v) is 1.11. The minimum Gasteiger partial charge on any atom is -0.388 e. The molecule has 0 spiro atoms. The predicted molar refractivity (Wildman–Crippen MR) is 48.4 cm³/mol. The van der Waals surface area contributed by atoms with Gasteiger partial charge in [0.15, 0.2) is 0 Å². The van der Waals surface area contributed by atoms with Gasteiger partial charge in [-0.25, -0.2) is 4.98 Å². The van der Waals surface area contributed by atoms with Gasteiger partial charge in [0.1, 0.15) is 4.99 Å². The first-order valence-electron chi connectivity index (χ1n) is 3.55. The van der Waals surface area contributed by atoms with Gasteiger partial charge < -0.3 is 10.3 Å². The largest absolute Gasteiger partial charge is 0.388 e. The van der Waals surface area contributed by atoms with Crippen molar-refractivity contribution >= 4 is 17.2 Å². The summed E-state index contributed by atoms with van der Waals surface area (Å²) < 4.78 is 1.96. The number of hydrogen-bond donors (Lipinski definition) is 1. The van der Waals surface area contributed by atoms with Crippen molar-refractivity contribution in [1.82, 2.24) is 9.55 Å². The number of rotatable bonds is 3. The van der Waals surface area contributed by atoms with E-state index in [1.54, 1.807) is 12.5 Å². The first-order valence-corrected chi connectivity index (χ1v) is 3.96. The Labute approximate surface area is 71.2 Å². The van der Waals surface area contributed by atoms with E-state index in [-0.39, 0.29) is 0 Å². The summed E-state index contributed by atoms with van der Waals surface area (Å²) in [4.78, 5) is 4.37. The maximum atomic E-state index is 5.46. The van der Waals surface area contributed by atoms with Crippen LogP contribution in [-0.2, 0) is 6.54 Å². The third-order valence-electron chi connectivity index (χ3n) is 1.43. The van der Waals surface area contributed by atoms with Crippen molar-refractivity contribution in [1.29, 1.82) is 0 Å². The Morgan fingerprint density at radius 1 is 1.82 bits per heavy atom. The van der Waals surface area contributed by atoms with Crippen LogP contribution in [0.1, 0.15) is 19.0 Å². The normalized spacial score (nSPS) is 9.91. The number of thiocarbonyl (C=S) groups is 1. The Bertz CT molecular complexity index is 254. The lowest BCUT2D eigenvalue weighted by Gasteiger charge is -2.03. The lowest BCUT2D eigenvalue weighted by atomic mass is 10.4. The van der Waals surface area contributed by atoms with Crippen molar-refractivity contribution in [2.24, 2.45) is 5.73 Å². The molecule has 60 valence electrons. The molecule has 0 fully saturated rings. The van der Waals surface area contributed by atoms with Gasteiger partial charge in [0.2, 0.25) is 0 Å². The van der Waals surface area contributed by atoms with Crippen LogP contribution in [-0.4, -0.2) is 14.5 Å². The second-order valence-corrected chi connectivity index (χ2v) is 2.78. The molecule has 0 bridgehead atoms. The number of nitrogens with zero attached hydrogens (tertiary/aromatic N) is 2. The van der Waals surface area contributed by atoms with Gasteiger partial charge in [0.05, 0.1) is 18.2 Å². The number of aromatic nitrogens is 2. The lowest BCUT2D eigenvalue weighted by molar-refractivity contribution is 0.674. The van der Waals surface area contributed by atoms with Crippen molar-refractivity contribution < 1.29 is 0 Å². The highest BCUT2D eigenvalue weighted by molar-refractivity contribution is 7.80. The molecule has 0 aliphatic carbocycles. The van der Waals surface area contributed by atoms with Crippen LogP contribution < -0.4 is 5.73 Å². The van der Waals surface area contributed by atoms with E-state index in [2.05, 4.69) is 11.9 Å². The zero-order valence-electron chi connectivity index (χ0n) is 6.45. The van der Waals surface area contributed by atoms with Crippen LogP contribution in [0.2, 0.25) is 0 Å². The average molecular weight is 169 g/mol. The Kier molecular flexibility index (Phi) is 2.59. The zero-order valence-corrected chi connectivity index (χ0v) is 7.27.